The number of fused-ring (bicyclic) bond motifs is 4. The Bertz CT molecular complexity index is 1410. The summed E-state index contributed by atoms with van der Waals surface area (Å²) in [5, 5.41) is 2.96. The lowest BCUT2D eigenvalue weighted by molar-refractivity contribution is 0.0943. The molecule has 2 aromatic heterocycles. The Morgan fingerprint density at radius 3 is 2.65 bits per heavy atom. The van der Waals surface area contributed by atoms with Gasteiger partial charge in [0, 0.05) is 6.07 Å². The van der Waals surface area contributed by atoms with Crippen LogP contribution < -0.4 is 20.3 Å². The van der Waals surface area contributed by atoms with Crippen LogP contribution in [0.4, 0.5) is 0 Å². The lowest BCUT2D eigenvalue weighted by atomic mass is 10.1. The van der Waals surface area contributed by atoms with Gasteiger partial charge in [-0.2, -0.15) is 0 Å². The fraction of sp³-hybridized carbons (Fsp3) is 0.261. The van der Waals surface area contributed by atoms with E-state index in [1.165, 1.54) is 17.4 Å². The average molecular weight is 436 g/mol. The molecule has 2 aromatic carbocycles. The highest BCUT2D eigenvalue weighted by atomic mass is 32.1. The van der Waals surface area contributed by atoms with Crippen LogP contribution in [0.5, 0.6) is 11.5 Å². The Labute approximate surface area is 182 Å². The topological polar surface area (TPSA) is 81.9 Å². The molecule has 5 rings (SSSR count). The first-order valence-corrected chi connectivity index (χ1v) is 10.9. The minimum atomic E-state index is -0.314. The van der Waals surface area contributed by atoms with Gasteiger partial charge in [-0.1, -0.05) is 17.4 Å². The molecule has 8 heteroatoms. The fourth-order valence-corrected chi connectivity index (χ4v) is 4.62. The van der Waals surface area contributed by atoms with E-state index in [2.05, 4.69) is 10.3 Å². The van der Waals surface area contributed by atoms with E-state index in [1.807, 2.05) is 51.1 Å². The molecule has 0 radical (unpaired) electrons. The quantitative estimate of drug-likeness (QED) is 0.530. The zero-order valence-corrected chi connectivity index (χ0v) is 18.2. The molecule has 1 aliphatic heterocycles. The van der Waals surface area contributed by atoms with Crippen molar-refractivity contribution in [1.29, 1.82) is 0 Å². The van der Waals surface area contributed by atoms with Crippen molar-refractivity contribution in [3.8, 4) is 11.5 Å². The van der Waals surface area contributed by atoms with Crippen molar-refractivity contribution in [2.45, 2.75) is 26.8 Å². The van der Waals surface area contributed by atoms with Gasteiger partial charge in [-0.05, 0) is 61.7 Å². The van der Waals surface area contributed by atoms with Gasteiger partial charge in [-0.3, -0.25) is 14.0 Å². The predicted octanol–water partition coefficient (Wildman–Crippen LogP) is 3.79. The smallest absolute Gasteiger partial charge is 0.262 e. The van der Waals surface area contributed by atoms with E-state index in [1.54, 1.807) is 4.40 Å². The molecule has 3 heterocycles. The largest absolute Gasteiger partial charge is 0.486 e. The minimum absolute atomic E-state index is 0.267. The van der Waals surface area contributed by atoms with Gasteiger partial charge in [0.25, 0.3) is 11.5 Å². The first-order valence-electron chi connectivity index (χ1n) is 10.0. The standard InChI is InChI=1S/C23H21N3O4S/c1-12-8-16-17(9-13(12)2)26-21(27)11-20(31-23(26)25-16)22(28)24-14(3)15-4-5-18-19(10-15)30-7-6-29-18/h4-5,8-11,14H,6-7H2,1-3H3,(H,24,28). The van der Waals surface area contributed by atoms with Crippen molar-refractivity contribution in [2.24, 2.45) is 0 Å². The number of hydrogen-bond donors (Lipinski definition) is 1. The molecule has 0 saturated carbocycles. The van der Waals surface area contributed by atoms with E-state index in [0.29, 0.717) is 34.6 Å². The van der Waals surface area contributed by atoms with Crippen molar-refractivity contribution in [3.05, 3.63) is 68.3 Å². The minimum Gasteiger partial charge on any atom is -0.486 e. The van der Waals surface area contributed by atoms with Gasteiger partial charge in [0.1, 0.15) is 18.1 Å². The number of aryl methyl sites for hydroxylation is 2. The molecule has 31 heavy (non-hydrogen) atoms. The van der Waals surface area contributed by atoms with Gasteiger partial charge >= 0.3 is 0 Å². The molecule has 1 unspecified atom stereocenters. The van der Waals surface area contributed by atoms with Gasteiger partial charge in [-0.25, -0.2) is 4.98 Å². The second-order valence-corrected chi connectivity index (χ2v) is 8.71. The van der Waals surface area contributed by atoms with Gasteiger partial charge in [-0.15, -0.1) is 0 Å². The molecular weight excluding hydrogens is 414 g/mol. The number of hydrogen-bond acceptors (Lipinski definition) is 6. The Morgan fingerprint density at radius 2 is 1.84 bits per heavy atom. The summed E-state index contributed by atoms with van der Waals surface area (Å²) in [5.74, 6) is 1.06. The van der Waals surface area contributed by atoms with Gasteiger partial charge in [0.05, 0.1) is 17.1 Å². The van der Waals surface area contributed by atoms with Crippen LogP contribution in [0.15, 0.2) is 41.2 Å². The van der Waals surface area contributed by atoms with Crippen LogP contribution in [0.3, 0.4) is 0 Å². The Morgan fingerprint density at radius 1 is 1.10 bits per heavy atom. The molecule has 1 aliphatic rings. The number of imidazole rings is 1. The van der Waals surface area contributed by atoms with Crippen LogP contribution in [0.25, 0.3) is 16.0 Å². The molecule has 0 bridgehead atoms. The van der Waals surface area contributed by atoms with Gasteiger partial charge < -0.3 is 14.8 Å². The molecule has 0 saturated heterocycles. The first-order chi connectivity index (χ1) is 14.9. The highest BCUT2D eigenvalue weighted by Gasteiger charge is 2.19. The maximum Gasteiger partial charge on any atom is 0.262 e. The van der Waals surface area contributed by atoms with Crippen LogP contribution in [0, 0.1) is 13.8 Å². The van der Waals surface area contributed by atoms with Crippen LogP contribution in [-0.2, 0) is 0 Å². The lowest BCUT2D eigenvalue weighted by Gasteiger charge is -2.21. The zero-order chi connectivity index (χ0) is 21.7. The normalized spacial score (nSPS) is 14.0. The van der Waals surface area contributed by atoms with E-state index in [4.69, 9.17) is 9.47 Å². The molecule has 0 aliphatic carbocycles. The molecule has 1 N–H and O–H groups in total. The number of aromatic nitrogens is 2. The van der Waals surface area contributed by atoms with E-state index >= 15 is 0 Å². The number of nitrogens with zero attached hydrogens (tertiary/aromatic N) is 2. The molecule has 7 nitrogen and oxygen atoms in total. The summed E-state index contributed by atoms with van der Waals surface area (Å²) in [6.07, 6.45) is 0. The van der Waals surface area contributed by atoms with Crippen LogP contribution >= 0.6 is 11.3 Å². The molecule has 4 aromatic rings. The van der Waals surface area contributed by atoms with Crippen molar-refractivity contribution in [1.82, 2.24) is 14.7 Å². The van der Waals surface area contributed by atoms with Crippen LogP contribution in [0.1, 0.15) is 39.3 Å². The second-order valence-electron chi connectivity index (χ2n) is 7.70. The van der Waals surface area contributed by atoms with Crippen molar-refractivity contribution in [3.63, 3.8) is 0 Å². The number of amides is 1. The fourth-order valence-electron chi connectivity index (χ4n) is 3.69. The predicted molar refractivity (Wildman–Crippen MR) is 120 cm³/mol. The summed E-state index contributed by atoms with van der Waals surface area (Å²) in [6.45, 7) is 6.94. The summed E-state index contributed by atoms with van der Waals surface area (Å²) >= 11 is 1.20. The van der Waals surface area contributed by atoms with E-state index in [0.717, 1.165) is 27.7 Å². The molecule has 1 amide bonds. The highest BCUT2D eigenvalue weighted by molar-refractivity contribution is 7.18. The number of benzene rings is 2. The average Bonchev–Trinajstić information content (AvgIpc) is 3.11. The zero-order valence-electron chi connectivity index (χ0n) is 17.4. The first kappa shape index (κ1) is 19.6. The van der Waals surface area contributed by atoms with Gasteiger partial charge in [0.2, 0.25) is 0 Å². The van der Waals surface area contributed by atoms with Crippen LogP contribution in [-0.4, -0.2) is 28.5 Å². The highest BCUT2D eigenvalue weighted by Crippen LogP contribution is 2.32. The Hall–Kier alpha value is -3.39. The summed E-state index contributed by atoms with van der Waals surface area (Å²) in [5.41, 5.74) is 4.34. The van der Waals surface area contributed by atoms with Crippen molar-refractivity contribution < 1.29 is 14.3 Å². The maximum atomic E-state index is 12.9. The van der Waals surface area contributed by atoms with Gasteiger partial charge in [0.15, 0.2) is 16.5 Å². The molecule has 0 spiro atoms. The molecule has 1 atom stereocenters. The summed E-state index contributed by atoms with van der Waals surface area (Å²) in [7, 11) is 0. The third-order valence-corrected chi connectivity index (χ3v) is 6.53. The molecule has 0 fully saturated rings. The van der Waals surface area contributed by atoms with Crippen LogP contribution in [0.2, 0.25) is 0 Å². The Balaban J connectivity index is 1.45. The monoisotopic (exact) mass is 435 g/mol. The number of ether oxygens (including phenoxy) is 2. The maximum absolute atomic E-state index is 12.9. The SMILES string of the molecule is Cc1cc2nc3sc(C(=O)NC(C)c4ccc5c(c4)OCCO5)cc(=O)n3c2cc1C. The number of rotatable bonds is 3. The van der Waals surface area contributed by atoms with E-state index < -0.39 is 0 Å². The lowest BCUT2D eigenvalue weighted by Crippen LogP contribution is -2.27. The summed E-state index contributed by atoms with van der Waals surface area (Å²) < 4.78 is 12.7. The molecular formula is C23H21N3O4S. The van der Waals surface area contributed by atoms with E-state index in [9.17, 15) is 9.59 Å². The second kappa shape index (κ2) is 7.39. The Kier molecular flexibility index (Phi) is 4.66. The number of carbonyl (C=O) groups excluding carboxylic acids is 1. The van der Waals surface area contributed by atoms with E-state index in [-0.39, 0.29) is 17.5 Å². The number of carbonyl (C=O) groups is 1. The summed E-state index contributed by atoms with van der Waals surface area (Å²) in [6, 6.07) is 10.6. The number of nitrogens with one attached hydrogen (secondary N) is 1. The van der Waals surface area contributed by atoms with Crippen molar-refractivity contribution in [2.75, 3.05) is 13.2 Å². The third kappa shape index (κ3) is 3.42. The summed E-state index contributed by atoms with van der Waals surface area (Å²) in [4.78, 5) is 31.1. The third-order valence-electron chi connectivity index (χ3n) is 5.55. The van der Waals surface area contributed by atoms with Crippen molar-refractivity contribution >= 4 is 33.2 Å². The molecule has 158 valence electrons.